The fraction of sp³-hybridized carbons (Fsp3) is 0.182. The molecule has 1 aliphatic heterocycles. The Labute approximate surface area is 169 Å². The van der Waals surface area contributed by atoms with E-state index in [-0.39, 0.29) is 16.0 Å². The van der Waals surface area contributed by atoms with Crippen LogP contribution in [-0.2, 0) is 27.6 Å². The Morgan fingerprint density at radius 3 is 1.71 bits per heavy atom. The average molecular weight is 414 g/mol. The van der Waals surface area contributed by atoms with Crippen molar-refractivity contribution in [1.29, 1.82) is 0 Å². The fourth-order valence-electron chi connectivity index (χ4n) is 3.61. The molecule has 0 unspecified atom stereocenters. The Balaban J connectivity index is 0.000000163. The zero-order valence-electron chi connectivity index (χ0n) is 16.1. The van der Waals surface area contributed by atoms with Crippen molar-refractivity contribution in [2.75, 3.05) is 0 Å². The van der Waals surface area contributed by atoms with Crippen LogP contribution in [0, 0.1) is 20.8 Å². The summed E-state index contributed by atoms with van der Waals surface area (Å²) in [4.78, 5) is 2.52. The standard InChI is InChI=1S/C13H12NS.C9H12O3S/c14-15-12-7-3-1-5-10(12)9-11-6-2-4-8-13(11)15;1-6-4-7(2)9(8(3)5-6)13(10,11)12/h1-8H,9,14H2;4-5H,1-3H3,(H,10,11,12)/q+1;/p-1. The van der Waals surface area contributed by atoms with E-state index in [1.807, 2.05) is 6.92 Å². The SMILES string of the molecule is Cc1cc(C)c(S(=O)(=O)[O-])c(C)c1.N[S+]1c2ccccc2Cc2ccccc21. The van der Waals surface area contributed by atoms with E-state index in [9.17, 15) is 13.0 Å². The van der Waals surface area contributed by atoms with Gasteiger partial charge in [-0.3, -0.25) is 0 Å². The van der Waals surface area contributed by atoms with Gasteiger partial charge < -0.3 is 4.55 Å². The van der Waals surface area contributed by atoms with Crippen molar-refractivity contribution in [3.05, 3.63) is 88.5 Å². The molecular formula is C22H23NO3S2. The van der Waals surface area contributed by atoms with Crippen LogP contribution < -0.4 is 5.14 Å². The Kier molecular flexibility index (Phi) is 5.95. The van der Waals surface area contributed by atoms with Crippen molar-refractivity contribution in [2.45, 2.75) is 41.9 Å². The summed E-state index contributed by atoms with van der Waals surface area (Å²) in [5.41, 5.74) is 4.76. The summed E-state index contributed by atoms with van der Waals surface area (Å²) in [7, 11) is -4.33. The van der Waals surface area contributed by atoms with Gasteiger partial charge in [0.05, 0.1) is 4.90 Å². The van der Waals surface area contributed by atoms with Crippen molar-refractivity contribution in [3.63, 3.8) is 0 Å². The van der Waals surface area contributed by atoms with Gasteiger partial charge in [-0.1, -0.05) is 54.1 Å². The molecule has 3 aromatic rings. The summed E-state index contributed by atoms with van der Waals surface area (Å²) in [5, 5.41) is 6.29. The first-order valence-corrected chi connectivity index (χ1v) is 11.6. The average Bonchev–Trinajstić information content (AvgIpc) is 2.60. The number of benzene rings is 3. The molecule has 0 saturated heterocycles. The number of aryl methyl sites for hydroxylation is 3. The Bertz CT molecular complexity index is 1060. The van der Waals surface area contributed by atoms with Crippen molar-refractivity contribution in [2.24, 2.45) is 5.14 Å². The Morgan fingerprint density at radius 1 is 0.857 bits per heavy atom. The molecule has 0 fully saturated rings. The lowest BCUT2D eigenvalue weighted by atomic mass is 10.0. The van der Waals surface area contributed by atoms with E-state index in [0.717, 1.165) is 12.0 Å². The molecular weight excluding hydrogens is 390 g/mol. The molecule has 0 aromatic heterocycles. The largest absolute Gasteiger partial charge is 0.744 e. The van der Waals surface area contributed by atoms with Crippen LogP contribution in [0.25, 0.3) is 0 Å². The highest BCUT2D eigenvalue weighted by Crippen LogP contribution is 2.32. The van der Waals surface area contributed by atoms with Gasteiger partial charge >= 0.3 is 0 Å². The number of hydrogen-bond acceptors (Lipinski definition) is 4. The Hall–Kier alpha value is -2.12. The van der Waals surface area contributed by atoms with Gasteiger partial charge in [0, 0.05) is 17.5 Å². The fourth-order valence-corrected chi connectivity index (χ4v) is 6.05. The predicted octanol–water partition coefficient (Wildman–Crippen LogP) is 4.02. The van der Waals surface area contributed by atoms with Gasteiger partial charge in [-0.05, 0) is 44.0 Å². The molecule has 0 spiro atoms. The van der Waals surface area contributed by atoms with E-state index in [4.69, 9.17) is 5.14 Å². The first-order chi connectivity index (χ1) is 13.2. The van der Waals surface area contributed by atoms with Gasteiger partial charge in [-0.2, -0.15) is 0 Å². The smallest absolute Gasteiger partial charge is 0.185 e. The second-order valence-electron chi connectivity index (χ2n) is 6.91. The molecule has 3 aromatic carbocycles. The second kappa shape index (κ2) is 8.09. The molecule has 146 valence electrons. The first-order valence-electron chi connectivity index (χ1n) is 8.86. The van der Waals surface area contributed by atoms with Crippen LogP contribution in [0.3, 0.4) is 0 Å². The molecule has 2 N–H and O–H groups in total. The maximum absolute atomic E-state index is 10.8. The molecule has 0 aliphatic carbocycles. The monoisotopic (exact) mass is 413 g/mol. The molecule has 4 rings (SSSR count). The summed E-state index contributed by atoms with van der Waals surface area (Å²) in [6.45, 7) is 5.12. The van der Waals surface area contributed by atoms with Crippen LogP contribution in [0.2, 0.25) is 0 Å². The predicted molar refractivity (Wildman–Crippen MR) is 112 cm³/mol. The molecule has 4 nitrogen and oxygen atoms in total. The summed E-state index contributed by atoms with van der Waals surface area (Å²) in [6.07, 6.45) is 1.02. The van der Waals surface area contributed by atoms with Gasteiger partial charge in [0.2, 0.25) is 0 Å². The highest BCUT2D eigenvalue weighted by Gasteiger charge is 2.31. The van der Waals surface area contributed by atoms with Crippen molar-refractivity contribution in [3.8, 4) is 0 Å². The van der Waals surface area contributed by atoms with E-state index in [0.29, 0.717) is 11.1 Å². The third-order valence-electron chi connectivity index (χ3n) is 4.65. The lowest BCUT2D eigenvalue weighted by Crippen LogP contribution is -2.22. The van der Waals surface area contributed by atoms with Gasteiger partial charge in [0.1, 0.15) is 21.2 Å². The van der Waals surface area contributed by atoms with Crippen LogP contribution in [0.15, 0.2) is 75.4 Å². The van der Waals surface area contributed by atoms with Crippen LogP contribution in [-0.4, -0.2) is 13.0 Å². The van der Waals surface area contributed by atoms with Crippen LogP contribution in [0.1, 0.15) is 27.8 Å². The van der Waals surface area contributed by atoms with E-state index in [1.165, 1.54) is 20.9 Å². The second-order valence-corrected chi connectivity index (χ2v) is 9.78. The van der Waals surface area contributed by atoms with Gasteiger partial charge in [0.25, 0.3) is 0 Å². The third kappa shape index (κ3) is 4.31. The summed E-state index contributed by atoms with van der Waals surface area (Å²) in [5.74, 6) is 0. The number of nitrogens with two attached hydrogens (primary N) is 1. The zero-order valence-corrected chi connectivity index (χ0v) is 17.7. The number of hydrogen-bond donors (Lipinski definition) is 1. The first kappa shape index (κ1) is 20.6. The van der Waals surface area contributed by atoms with Crippen LogP contribution >= 0.6 is 0 Å². The van der Waals surface area contributed by atoms with Gasteiger partial charge in [-0.15, -0.1) is 5.14 Å². The Morgan fingerprint density at radius 2 is 1.29 bits per heavy atom. The van der Waals surface area contributed by atoms with E-state index in [1.54, 1.807) is 26.0 Å². The minimum atomic E-state index is -4.33. The topological polar surface area (TPSA) is 83.2 Å². The van der Waals surface area contributed by atoms with Crippen molar-refractivity contribution >= 4 is 21.2 Å². The molecule has 0 radical (unpaired) electrons. The van der Waals surface area contributed by atoms with Crippen LogP contribution in [0.4, 0.5) is 0 Å². The van der Waals surface area contributed by atoms with E-state index < -0.39 is 10.1 Å². The molecule has 1 heterocycles. The number of fused-ring (bicyclic) bond motifs is 2. The van der Waals surface area contributed by atoms with Gasteiger partial charge in [-0.25, -0.2) is 8.42 Å². The molecule has 1 aliphatic rings. The maximum Gasteiger partial charge on any atom is 0.185 e. The summed E-state index contributed by atoms with van der Waals surface area (Å²) in [6, 6.07) is 20.3. The molecule has 0 amide bonds. The molecule has 0 atom stereocenters. The zero-order chi connectivity index (χ0) is 20.5. The number of rotatable bonds is 1. The maximum atomic E-state index is 10.8. The lowest BCUT2D eigenvalue weighted by molar-refractivity contribution is 0.462. The summed E-state index contributed by atoms with van der Waals surface area (Å²) < 4.78 is 32.5. The molecule has 0 saturated carbocycles. The third-order valence-corrected chi connectivity index (χ3v) is 7.54. The van der Waals surface area contributed by atoms with Crippen molar-refractivity contribution < 1.29 is 13.0 Å². The quantitative estimate of drug-likeness (QED) is 0.482. The summed E-state index contributed by atoms with van der Waals surface area (Å²) >= 11 is -0.240. The van der Waals surface area contributed by atoms with Gasteiger partial charge in [0.15, 0.2) is 9.79 Å². The van der Waals surface area contributed by atoms with E-state index in [2.05, 4.69) is 48.5 Å². The van der Waals surface area contributed by atoms with E-state index >= 15 is 0 Å². The molecule has 28 heavy (non-hydrogen) atoms. The highest BCUT2D eigenvalue weighted by atomic mass is 32.2. The highest BCUT2D eigenvalue weighted by molar-refractivity contribution is 7.95. The normalized spacial score (nSPS) is 13.2. The molecule has 6 heteroatoms. The minimum absolute atomic E-state index is 0.0851. The van der Waals surface area contributed by atoms with Crippen molar-refractivity contribution in [1.82, 2.24) is 0 Å². The van der Waals surface area contributed by atoms with Crippen LogP contribution in [0.5, 0.6) is 0 Å². The minimum Gasteiger partial charge on any atom is -0.744 e. The lowest BCUT2D eigenvalue weighted by Gasteiger charge is -2.15. The molecule has 0 bridgehead atoms.